The fourth-order valence-electron chi connectivity index (χ4n) is 4.51. The quantitative estimate of drug-likeness (QED) is 0.884. The molecular weight excluding hydrogens is 340 g/mol. The Morgan fingerprint density at radius 1 is 1.07 bits per heavy atom. The zero-order valence-electron chi connectivity index (χ0n) is 16.4. The van der Waals surface area contributed by atoms with Crippen LogP contribution in [0.4, 0.5) is 4.79 Å². The first-order chi connectivity index (χ1) is 12.9. The maximum Gasteiger partial charge on any atom is 0.317 e. The molecule has 146 valence electrons. The van der Waals surface area contributed by atoms with Gasteiger partial charge in [-0.25, -0.2) is 4.79 Å². The zero-order chi connectivity index (χ0) is 19.0. The van der Waals surface area contributed by atoms with Gasteiger partial charge in [0.05, 0.1) is 0 Å². The van der Waals surface area contributed by atoms with Gasteiger partial charge >= 0.3 is 6.03 Å². The second-order valence-corrected chi connectivity index (χ2v) is 8.74. The van der Waals surface area contributed by atoms with E-state index >= 15 is 0 Å². The topological polar surface area (TPSA) is 55.9 Å². The number of fused-ring (bicyclic) bond motifs is 1. The predicted octanol–water partition coefficient (Wildman–Crippen LogP) is 1.91. The van der Waals surface area contributed by atoms with E-state index in [1.807, 2.05) is 40.1 Å². The van der Waals surface area contributed by atoms with Crippen LogP contribution in [0.5, 0.6) is 0 Å². The molecule has 3 fully saturated rings. The monoisotopic (exact) mass is 370 g/mol. The average Bonchev–Trinajstić information content (AvgIpc) is 3.50. The SMILES string of the molecule is CC1(C)CN(C(=O)NCc2ccccc2)C[C@@H]2CN(C(=O)C3CC3)CCN21. The molecule has 0 aromatic heterocycles. The molecule has 27 heavy (non-hydrogen) atoms. The Morgan fingerprint density at radius 3 is 2.48 bits per heavy atom. The molecule has 1 aromatic rings. The van der Waals surface area contributed by atoms with Crippen LogP contribution in [-0.4, -0.2) is 70.9 Å². The summed E-state index contributed by atoms with van der Waals surface area (Å²) < 4.78 is 0. The zero-order valence-corrected chi connectivity index (χ0v) is 16.4. The van der Waals surface area contributed by atoms with Crippen LogP contribution in [0.25, 0.3) is 0 Å². The lowest BCUT2D eigenvalue weighted by atomic mass is 9.93. The minimum Gasteiger partial charge on any atom is -0.340 e. The smallest absolute Gasteiger partial charge is 0.317 e. The third-order valence-corrected chi connectivity index (χ3v) is 6.08. The van der Waals surface area contributed by atoms with Crippen LogP contribution < -0.4 is 5.32 Å². The Labute approximate surface area is 161 Å². The van der Waals surface area contributed by atoms with E-state index in [1.54, 1.807) is 0 Å². The van der Waals surface area contributed by atoms with Gasteiger partial charge in [-0.3, -0.25) is 9.69 Å². The molecule has 1 aliphatic carbocycles. The maximum absolute atomic E-state index is 12.8. The number of nitrogens with zero attached hydrogens (tertiary/aromatic N) is 3. The highest BCUT2D eigenvalue weighted by Gasteiger charge is 2.45. The van der Waals surface area contributed by atoms with Crippen molar-refractivity contribution in [2.45, 2.75) is 44.8 Å². The molecule has 6 nitrogen and oxygen atoms in total. The normalized spacial score (nSPS) is 25.0. The van der Waals surface area contributed by atoms with E-state index in [-0.39, 0.29) is 23.5 Å². The van der Waals surface area contributed by atoms with Crippen molar-refractivity contribution in [3.05, 3.63) is 35.9 Å². The number of piperazine rings is 2. The first-order valence-corrected chi connectivity index (χ1v) is 10.1. The number of nitrogens with one attached hydrogen (secondary N) is 1. The Kier molecular flexibility index (Phi) is 4.84. The van der Waals surface area contributed by atoms with Crippen molar-refractivity contribution in [1.82, 2.24) is 20.0 Å². The van der Waals surface area contributed by atoms with Gasteiger partial charge in [-0.05, 0) is 32.3 Å². The molecule has 3 amide bonds. The molecular formula is C21H30N4O2. The molecule has 0 bridgehead atoms. The first-order valence-electron chi connectivity index (χ1n) is 10.1. The van der Waals surface area contributed by atoms with E-state index < -0.39 is 0 Å². The highest BCUT2D eigenvalue weighted by Crippen LogP contribution is 2.33. The summed E-state index contributed by atoms with van der Waals surface area (Å²) in [5.41, 5.74) is 1.02. The molecule has 6 heteroatoms. The van der Waals surface area contributed by atoms with Gasteiger partial charge in [0.25, 0.3) is 0 Å². The third kappa shape index (κ3) is 3.95. The standard InChI is InChI=1S/C21H30N4O2/c1-21(2)15-24(20(27)22-12-16-6-4-3-5-7-16)14-18-13-23(10-11-25(18)21)19(26)17-8-9-17/h3-7,17-18H,8-15H2,1-2H3,(H,22,27)/t18-/m0/s1. The molecule has 2 heterocycles. The summed E-state index contributed by atoms with van der Waals surface area (Å²) in [6, 6.07) is 10.2. The Balaban J connectivity index is 1.39. The van der Waals surface area contributed by atoms with Gasteiger partial charge in [-0.2, -0.15) is 0 Å². The largest absolute Gasteiger partial charge is 0.340 e. The lowest BCUT2D eigenvalue weighted by Crippen LogP contribution is -2.71. The van der Waals surface area contributed by atoms with E-state index in [0.29, 0.717) is 25.5 Å². The Hall–Kier alpha value is -2.08. The summed E-state index contributed by atoms with van der Waals surface area (Å²) in [7, 11) is 0. The summed E-state index contributed by atoms with van der Waals surface area (Å²) in [5.74, 6) is 0.580. The van der Waals surface area contributed by atoms with Gasteiger partial charge in [0.1, 0.15) is 0 Å². The molecule has 0 radical (unpaired) electrons. The maximum atomic E-state index is 12.8. The Morgan fingerprint density at radius 2 is 1.78 bits per heavy atom. The number of urea groups is 1. The molecule has 0 unspecified atom stereocenters. The van der Waals surface area contributed by atoms with Crippen LogP contribution in [0.15, 0.2) is 30.3 Å². The first kappa shape index (κ1) is 18.3. The third-order valence-electron chi connectivity index (χ3n) is 6.08. The van der Waals surface area contributed by atoms with Crippen molar-refractivity contribution in [1.29, 1.82) is 0 Å². The van der Waals surface area contributed by atoms with Crippen LogP contribution in [0.1, 0.15) is 32.3 Å². The summed E-state index contributed by atoms with van der Waals surface area (Å²) in [6.07, 6.45) is 2.09. The van der Waals surface area contributed by atoms with Gasteiger partial charge in [0.15, 0.2) is 0 Å². The summed E-state index contributed by atoms with van der Waals surface area (Å²) in [5, 5.41) is 3.05. The molecule has 1 aromatic carbocycles. The summed E-state index contributed by atoms with van der Waals surface area (Å²) in [6.45, 7) is 8.78. The van der Waals surface area contributed by atoms with Gasteiger partial charge in [-0.1, -0.05) is 30.3 Å². The molecule has 2 saturated heterocycles. The number of rotatable bonds is 3. The second kappa shape index (κ2) is 7.15. The van der Waals surface area contributed by atoms with E-state index in [4.69, 9.17) is 0 Å². The minimum absolute atomic E-state index is 0.0165. The van der Waals surface area contributed by atoms with Crippen molar-refractivity contribution in [2.75, 3.05) is 32.7 Å². The molecule has 1 N–H and O–H groups in total. The van der Waals surface area contributed by atoms with Crippen molar-refractivity contribution in [2.24, 2.45) is 5.92 Å². The number of carbonyl (C=O) groups excluding carboxylic acids is 2. The van der Waals surface area contributed by atoms with E-state index in [9.17, 15) is 9.59 Å². The summed E-state index contributed by atoms with van der Waals surface area (Å²) in [4.78, 5) is 31.7. The van der Waals surface area contributed by atoms with E-state index in [1.165, 1.54) is 0 Å². The Bertz CT molecular complexity index is 701. The van der Waals surface area contributed by atoms with Crippen molar-refractivity contribution >= 4 is 11.9 Å². The number of benzene rings is 1. The fourth-order valence-corrected chi connectivity index (χ4v) is 4.51. The van der Waals surface area contributed by atoms with Crippen LogP contribution in [0.2, 0.25) is 0 Å². The number of hydrogen-bond acceptors (Lipinski definition) is 3. The van der Waals surface area contributed by atoms with E-state index in [2.05, 4.69) is 24.1 Å². The molecule has 2 aliphatic heterocycles. The van der Waals surface area contributed by atoms with Crippen molar-refractivity contribution < 1.29 is 9.59 Å². The number of carbonyl (C=O) groups is 2. The number of amides is 3. The van der Waals surface area contributed by atoms with Crippen molar-refractivity contribution in [3.8, 4) is 0 Å². The molecule has 4 rings (SSSR count). The minimum atomic E-state index is -0.0816. The fraction of sp³-hybridized carbons (Fsp3) is 0.619. The lowest BCUT2D eigenvalue weighted by Gasteiger charge is -2.55. The van der Waals surface area contributed by atoms with Crippen LogP contribution in [0, 0.1) is 5.92 Å². The molecule has 1 saturated carbocycles. The highest BCUT2D eigenvalue weighted by molar-refractivity contribution is 5.81. The van der Waals surface area contributed by atoms with Gasteiger partial charge in [-0.15, -0.1) is 0 Å². The molecule has 0 spiro atoms. The van der Waals surface area contributed by atoms with Gasteiger partial charge in [0, 0.05) is 56.8 Å². The average molecular weight is 370 g/mol. The second-order valence-electron chi connectivity index (χ2n) is 8.74. The van der Waals surface area contributed by atoms with Crippen LogP contribution in [-0.2, 0) is 11.3 Å². The predicted molar refractivity (Wildman–Crippen MR) is 104 cm³/mol. The van der Waals surface area contributed by atoms with Gasteiger partial charge in [0.2, 0.25) is 5.91 Å². The molecule has 3 aliphatic rings. The number of hydrogen-bond donors (Lipinski definition) is 1. The summed E-state index contributed by atoms with van der Waals surface area (Å²) >= 11 is 0. The molecule has 1 atom stereocenters. The highest BCUT2D eigenvalue weighted by atomic mass is 16.2. The van der Waals surface area contributed by atoms with Crippen LogP contribution in [0.3, 0.4) is 0 Å². The van der Waals surface area contributed by atoms with Gasteiger partial charge < -0.3 is 15.1 Å². The van der Waals surface area contributed by atoms with Crippen LogP contribution >= 0.6 is 0 Å². The van der Waals surface area contributed by atoms with Crippen molar-refractivity contribution in [3.63, 3.8) is 0 Å². The van der Waals surface area contributed by atoms with E-state index in [0.717, 1.165) is 38.0 Å². The lowest BCUT2D eigenvalue weighted by molar-refractivity contribution is -0.139.